The molecule has 1 aromatic carbocycles. The van der Waals surface area contributed by atoms with Gasteiger partial charge in [0.1, 0.15) is 5.82 Å². The summed E-state index contributed by atoms with van der Waals surface area (Å²) in [6.45, 7) is 4.39. The monoisotopic (exact) mass is 420 g/mol. The molecule has 0 atom stereocenters. The van der Waals surface area contributed by atoms with E-state index in [9.17, 15) is 4.79 Å². The first-order valence-electron chi connectivity index (χ1n) is 11.8. The maximum absolute atomic E-state index is 13.6. The van der Waals surface area contributed by atoms with Gasteiger partial charge in [-0.15, -0.1) is 10.2 Å². The predicted molar refractivity (Wildman–Crippen MR) is 121 cm³/mol. The van der Waals surface area contributed by atoms with Crippen LogP contribution in [-0.4, -0.2) is 32.4 Å². The largest absolute Gasteiger partial charge is 0.381 e. The first-order valence-corrected chi connectivity index (χ1v) is 11.8. The fourth-order valence-electron chi connectivity index (χ4n) is 5.28. The van der Waals surface area contributed by atoms with Crippen LogP contribution in [-0.2, 0) is 17.7 Å². The summed E-state index contributed by atoms with van der Waals surface area (Å²) in [4.78, 5) is 13.6. The van der Waals surface area contributed by atoms with Crippen LogP contribution in [0.25, 0.3) is 5.65 Å². The molecule has 0 bridgehead atoms. The first-order chi connectivity index (χ1) is 15.2. The van der Waals surface area contributed by atoms with E-state index in [4.69, 9.17) is 4.74 Å². The number of nitrogens with zero attached hydrogens (tertiary/aromatic N) is 4. The van der Waals surface area contributed by atoms with Crippen molar-refractivity contribution in [2.75, 3.05) is 13.2 Å². The molecular weight excluding hydrogens is 388 g/mol. The standard InChI is InChI=1S/C25H32N4O2/c1-18-6-5-9-20(14-18)15-22-17-29-23(21-10-12-31-13-11-21)26-27-24(29)25(30)28(22)16-19-7-3-2-4-8-19/h5-6,9,14,17,19,21H,2-4,7-8,10-13,15-16H2,1H3. The second-order valence-electron chi connectivity index (χ2n) is 9.34. The van der Waals surface area contributed by atoms with Crippen LogP contribution < -0.4 is 5.56 Å². The van der Waals surface area contributed by atoms with Crippen LogP contribution in [0.1, 0.15) is 73.5 Å². The van der Waals surface area contributed by atoms with E-state index < -0.39 is 0 Å². The molecule has 6 heteroatoms. The Morgan fingerprint density at radius 1 is 1.06 bits per heavy atom. The van der Waals surface area contributed by atoms with E-state index in [1.807, 2.05) is 8.97 Å². The molecule has 2 fully saturated rings. The lowest BCUT2D eigenvalue weighted by Gasteiger charge is -2.24. The van der Waals surface area contributed by atoms with Gasteiger partial charge >= 0.3 is 0 Å². The minimum atomic E-state index is 0.00142. The summed E-state index contributed by atoms with van der Waals surface area (Å²) in [5, 5.41) is 8.82. The van der Waals surface area contributed by atoms with Gasteiger partial charge in [-0.25, -0.2) is 0 Å². The van der Waals surface area contributed by atoms with E-state index in [0.717, 1.165) is 50.5 Å². The number of ether oxygens (including phenoxy) is 1. The van der Waals surface area contributed by atoms with Gasteiger partial charge < -0.3 is 9.30 Å². The van der Waals surface area contributed by atoms with Crippen molar-refractivity contribution in [3.63, 3.8) is 0 Å². The number of benzene rings is 1. The normalized spacial score (nSPS) is 18.6. The van der Waals surface area contributed by atoms with Crippen LogP contribution >= 0.6 is 0 Å². The van der Waals surface area contributed by atoms with Crippen LogP contribution in [0.5, 0.6) is 0 Å². The van der Waals surface area contributed by atoms with E-state index in [0.29, 0.717) is 17.5 Å². The second-order valence-corrected chi connectivity index (χ2v) is 9.34. The highest BCUT2D eigenvalue weighted by molar-refractivity contribution is 5.38. The molecule has 0 unspecified atom stereocenters. The SMILES string of the molecule is Cc1cccc(Cc2cn3c(C4CCOCC4)nnc3c(=O)n2CC2CCCCC2)c1. The number of rotatable bonds is 5. The third-order valence-electron chi connectivity index (χ3n) is 7.00. The molecule has 2 aliphatic rings. The minimum absolute atomic E-state index is 0.00142. The van der Waals surface area contributed by atoms with Gasteiger partial charge in [-0.05, 0) is 44.1 Å². The topological polar surface area (TPSA) is 61.4 Å². The summed E-state index contributed by atoms with van der Waals surface area (Å²) in [6.07, 6.45) is 11.0. The zero-order valence-corrected chi connectivity index (χ0v) is 18.4. The molecule has 31 heavy (non-hydrogen) atoms. The molecule has 6 nitrogen and oxygen atoms in total. The van der Waals surface area contributed by atoms with Crippen molar-refractivity contribution in [1.29, 1.82) is 0 Å². The summed E-state index contributed by atoms with van der Waals surface area (Å²) in [7, 11) is 0. The van der Waals surface area contributed by atoms with Crippen LogP contribution in [0.2, 0.25) is 0 Å². The molecule has 1 aliphatic heterocycles. The van der Waals surface area contributed by atoms with Crippen molar-refractivity contribution in [2.24, 2.45) is 5.92 Å². The predicted octanol–water partition coefficient (Wildman–Crippen LogP) is 4.26. The average Bonchev–Trinajstić information content (AvgIpc) is 3.22. The molecule has 0 spiro atoms. The van der Waals surface area contributed by atoms with Crippen LogP contribution in [0, 0.1) is 12.8 Å². The molecule has 2 aromatic heterocycles. The molecule has 0 amide bonds. The molecule has 1 saturated heterocycles. The van der Waals surface area contributed by atoms with Gasteiger partial charge in [0.05, 0.1) is 0 Å². The smallest absolute Gasteiger partial charge is 0.296 e. The zero-order chi connectivity index (χ0) is 21.2. The fraction of sp³-hybridized carbons (Fsp3) is 0.560. The Morgan fingerprint density at radius 2 is 1.87 bits per heavy atom. The van der Waals surface area contributed by atoms with Crippen molar-refractivity contribution < 1.29 is 4.74 Å². The molecular formula is C25H32N4O2. The van der Waals surface area contributed by atoms with Crippen LogP contribution in [0.4, 0.5) is 0 Å². The Kier molecular flexibility index (Phi) is 5.90. The molecule has 3 heterocycles. The Balaban J connectivity index is 1.58. The average molecular weight is 421 g/mol. The summed E-state index contributed by atoms with van der Waals surface area (Å²) >= 11 is 0. The summed E-state index contributed by atoms with van der Waals surface area (Å²) < 4.78 is 9.50. The first kappa shape index (κ1) is 20.4. The van der Waals surface area contributed by atoms with Crippen molar-refractivity contribution in [1.82, 2.24) is 19.2 Å². The number of fused-ring (bicyclic) bond motifs is 1. The lowest BCUT2D eigenvalue weighted by atomic mass is 9.89. The highest BCUT2D eigenvalue weighted by atomic mass is 16.5. The van der Waals surface area contributed by atoms with Crippen molar-refractivity contribution in [3.8, 4) is 0 Å². The Bertz CT molecular complexity index is 1100. The van der Waals surface area contributed by atoms with Gasteiger partial charge in [0.2, 0.25) is 5.65 Å². The number of hydrogen-bond donors (Lipinski definition) is 0. The van der Waals surface area contributed by atoms with Crippen LogP contribution in [0.15, 0.2) is 35.3 Å². The molecule has 1 aliphatic carbocycles. The second kappa shape index (κ2) is 8.95. The lowest BCUT2D eigenvalue weighted by Crippen LogP contribution is -2.30. The van der Waals surface area contributed by atoms with Gasteiger partial charge in [-0.3, -0.25) is 9.20 Å². The van der Waals surface area contributed by atoms with Crippen molar-refractivity contribution in [3.05, 3.63) is 63.5 Å². The molecule has 1 saturated carbocycles. The van der Waals surface area contributed by atoms with E-state index in [2.05, 4.69) is 47.6 Å². The van der Waals surface area contributed by atoms with Gasteiger partial charge in [-0.1, -0.05) is 49.1 Å². The fourth-order valence-corrected chi connectivity index (χ4v) is 5.28. The maximum Gasteiger partial charge on any atom is 0.296 e. The molecule has 5 rings (SSSR count). The molecule has 0 N–H and O–H groups in total. The number of hydrogen-bond acceptors (Lipinski definition) is 4. The third-order valence-corrected chi connectivity index (χ3v) is 7.00. The molecule has 3 aromatic rings. The Morgan fingerprint density at radius 3 is 2.65 bits per heavy atom. The van der Waals surface area contributed by atoms with Gasteiger partial charge in [-0.2, -0.15) is 0 Å². The molecule has 164 valence electrons. The zero-order valence-electron chi connectivity index (χ0n) is 18.4. The van der Waals surface area contributed by atoms with E-state index in [-0.39, 0.29) is 5.56 Å². The van der Waals surface area contributed by atoms with E-state index >= 15 is 0 Å². The van der Waals surface area contributed by atoms with E-state index in [1.54, 1.807) is 0 Å². The Labute approximate surface area is 183 Å². The molecule has 0 radical (unpaired) electrons. The summed E-state index contributed by atoms with van der Waals surface area (Å²) in [5.41, 5.74) is 4.00. The third kappa shape index (κ3) is 4.31. The summed E-state index contributed by atoms with van der Waals surface area (Å²) in [6, 6.07) is 8.58. The maximum atomic E-state index is 13.6. The van der Waals surface area contributed by atoms with Gasteiger partial charge in [0, 0.05) is 44.0 Å². The lowest BCUT2D eigenvalue weighted by molar-refractivity contribution is 0.0834. The number of aryl methyl sites for hydroxylation is 1. The van der Waals surface area contributed by atoms with Crippen molar-refractivity contribution >= 4 is 5.65 Å². The highest BCUT2D eigenvalue weighted by Gasteiger charge is 2.24. The number of aromatic nitrogens is 4. The van der Waals surface area contributed by atoms with E-state index in [1.165, 1.54) is 43.2 Å². The highest BCUT2D eigenvalue weighted by Crippen LogP contribution is 2.27. The van der Waals surface area contributed by atoms with Crippen molar-refractivity contribution in [2.45, 2.75) is 70.8 Å². The van der Waals surface area contributed by atoms with Gasteiger partial charge in [0.15, 0.2) is 0 Å². The quantitative estimate of drug-likeness (QED) is 0.619. The Hall–Kier alpha value is -2.47. The summed E-state index contributed by atoms with van der Waals surface area (Å²) in [5.74, 6) is 1.78. The van der Waals surface area contributed by atoms with Crippen LogP contribution in [0.3, 0.4) is 0 Å². The minimum Gasteiger partial charge on any atom is -0.381 e. The van der Waals surface area contributed by atoms with Gasteiger partial charge in [0.25, 0.3) is 5.56 Å².